The minimum Gasteiger partial charge on any atom is -0.341 e. The van der Waals surface area contributed by atoms with Gasteiger partial charge in [0.2, 0.25) is 0 Å². The van der Waals surface area contributed by atoms with Gasteiger partial charge in [-0.05, 0) is 24.3 Å². The van der Waals surface area contributed by atoms with Crippen LogP contribution in [0.5, 0.6) is 0 Å². The van der Waals surface area contributed by atoms with Crippen molar-refractivity contribution in [1.82, 2.24) is 9.55 Å². The van der Waals surface area contributed by atoms with E-state index in [1.165, 1.54) is 5.01 Å². The van der Waals surface area contributed by atoms with Gasteiger partial charge in [-0.2, -0.15) is 5.26 Å². The highest BCUT2D eigenvalue weighted by molar-refractivity contribution is 7.09. The third kappa shape index (κ3) is 2.33. The Kier molecular flexibility index (Phi) is 3.29. The number of thiazole rings is 1. The first-order chi connectivity index (χ1) is 9.67. The molecule has 0 aliphatic heterocycles. The van der Waals surface area contributed by atoms with Crippen molar-refractivity contribution in [3.63, 3.8) is 0 Å². The van der Waals surface area contributed by atoms with E-state index in [1.807, 2.05) is 24.3 Å². The first kappa shape index (κ1) is 12.9. The molecule has 3 nitrogen and oxygen atoms in total. The molecule has 4 heteroatoms. The van der Waals surface area contributed by atoms with E-state index >= 15 is 0 Å². The van der Waals surface area contributed by atoms with E-state index in [0.29, 0.717) is 11.5 Å². The van der Waals surface area contributed by atoms with Gasteiger partial charge in [0.1, 0.15) is 0 Å². The minimum absolute atomic E-state index is 0.480. The van der Waals surface area contributed by atoms with Crippen LogP contribution in [-0.4, -0.2) is 9.55 Å². The molecule has 0 aliphatic carbocycles. The van der Waals surface area contributed by atoms with Crippen molar-refractivity contribution in [2.75, 3.05) is 0 Å². The Morgan fingerprint density at radius 2 is 2.20 bits per heavy atom. The van der Waals surface area contributed by atoms with Crippen LogP contribution in [0.25, 0.3) is 10.9 Å². The van der Waals surface area contributed by atoms with Crippen molar-refractivity contribution in [1.29, 1.82) is 5.26 Å². The molecule has 0 bridgehead atoms. The van der Waals surface area contributed by atoms with Gasteiger partial charge in [-0.3, -0.25) is 0 Å². The first-order valence-electron chi connectivity index (χ1n) is 6.60. The predicted octanol–water partition coefficient (Wildman–Crippen LogP) is 4.14. The van der Waals surface area contributed by atoms with Crippen molar-refractivity contribution >= 4 is 22.2 Å². The summed E-state index contributed by atoms with van der Waals surface area (Å²) in [4.78, 5) is 4.67. The lowest BCUT2D eigenvalue weighted by atomic mass is 10.2. The molecular weight excluding hydrogens is 266 g/mol. The van der Waals surface area contributed by atoms with Crippen molar-refractivity contribution in [2.24, 2.45) is 0 Å². The molecule has 0 atom stereocenters. The highest BCUT2D eigenvalue weighted by Crippen LogP contribution is 2.22. The summed E-state index contributed by atoms with van der Waals surface area (Å²) >= 11 is 1.72. The summed E-state index contributed by atoms with van der Waals surface area (Å²) in [5.74, 6) is 0.480. The fourth-order valence-electron chi connectivity index (χ4n) is 2.24. The van der Waals surface area contributed by atoms with Gasteiger partial charge in [0, 0.05) is 28.4 Å². The van der Waals surface area contributed by atoms with Gasteiger partial charge in [0.25, 0.3) is 0 Å². The number of hydrogen-bond acceptors (Lipinski definition) is 3. The van der Waals surface area contributed by atoms with E-state index in [0.717, 1.165) is 23.1 Å². The third-order valence-corrected chi connectivity index (χ3v) is 4.49. The molecule has 1 aromatic carbocycles. The largest absolute Gasteiger partial charge is 0.341 e. The maximum Gasteiger partial charge on any atom is 0.0991 e. The second-order valence-electron chi connectivity index (χ2n) is 5.16. The molecule has 0 spiro atoms. The summed E-state index contributed by atoms with van der Waals surface area (Å²) < 4.78 is 2.18. The first-order valence-corrected chi connectivity index (χ1v) is 7.48. The molecule has 0 unspecified atom stereocenters. The number of fused-ring (bicyclic) bond motifs is 1. The average Bonchev–Trinajstić information content (AvgIpc) is 3.06. The lowest BCUT2D eigenvalue weighted by molar-refractivity contribution is 0.787. The maximum atomic E-state index is 8.93. The standard InChI is InChI=1S/C16H15N3S/c1-11(2)16-18-14(10-20-16)9-19-6-5-13-7-12(8-17)3-4-15(13)19/h3-7,10-11H,9H2,1-2H3. The van der Waals surface area contributed by atoms with Crippen molar-refractivity contribution in [2.45, 2.75) is 26.3 Å². The fourth-order valence-corrected chi connectivity index (χ4v) is 3.07. The van der Waals surface area contributed by atoms with E-state index < -0.39 is 0 Å². The van der Waals surface area contributed by atoms with Crippen LogP contribution in [0.2, 0.25) is 0 Å². The van der Waals surface area contributed by atoms with Crippen molar-refractivity contribution in [3.8, 4) is 6.07 Å². The molecule has 0 radical (unpaired) electrons. The monoisotopic (exact) mass is 281 g/mol. The summed E-state index contributed by atoms with van der Waals surface area (Å²) in [6.45, 7) is 5.10. The molecule has 0 amide bonds. The molecule has 0 saturated heterocycles. The van der Waals surface area contributed by atoms with Gasteiger partial charge in [0.15, 0.2) is 0 Å². The van der Waals surface area contributed by atoms with Gasteiger partial charge in [-0.25, -0.2) is 4.98 Å². The molecule has 0 aliphatic rings. The molecule has 2 aromatic heterocycles. The third-order valence-electron chi connectivity index (χ3n) is 3.30. The number of aromatic nitrogens is 2. The fraction of sp³-hybridized carbons (Fsp3) is 0.250. The Balaban J connectivity index is 1.92. The normalized spacial score (nSPS) is 11.1. The molecule has 3 aromatic rings. The predicted molar refractivity (Wildman–Crippen MR) is 82.0 cm³/mol. The SMILES string of the molecule is CC(C)c1nc(Cn2ccc3cc(C#N)ccc32)cs1. The molecule has 0 saturated carbocycles. The van der Waals surface area contributed by atoms with Crippen LogP contribution in [0.3, 0.4) is 0 Å². The summed E-state index contributed by atoms with van der Waals surface area (Å²) in [6.07, 6.45) is 2.06. The molecule has 0 N–H and O–H groups in total. The van der Waals surface area contributed by atoms with Gasteiger partial charge < -0.3 is 4.57 Å². The van der Waals surface area contributed by atoms with Crippen LogP contribution < -0.4 is 0 Å². The molecule has 100 valence electrons. The Morgan fingerprint density at radius 3 is 2.90 bits per heavy atom. The second-order valence-corrected chi connectivity index (χ2v) is 6.05. The van der Waals surface area contributed by atoms with E-state index in [-0.39, 0.29) is 0 Å². The van der Waals surface area contributed by atoms with Crippen LogP contribution in [-0.2, 0) is 6.54 Å². The summed E-state index contributed by atoms with van der Waals surface area (Å²) in [5, 5.41) is 13.3. The smallest absolute Gasteiger partial charge is 0.0991 e. The van der Waals surface area contributed by atoms with Crippen LogP contribution in [0.1, 0.15) is 36.0 Å². The maximum absolute atomic E-state index is 8.93. The molecule has 0 fully saturated rings. The van der Waals surface area contributed by atoms with E-state index in [9.17, 15) is 0 Å². The zero-order valence-electron chi connectivity index (χ0n) is 11.5. The van der Waals surface area contributed by atoms with E-state index in [2.05, 4.69) is 41.0 Å². The van der Waals surface area contributed by atoms with Crippen LogP contribution in [0, 0.1) is 11.3 Å². The highest BCUT2D eigenvalue weighted by Gasteiger charge is 2.08. The quantitative estimate of drug-likeness (QED) is 0.724. The Hall–Kier alpha value is -2.12. The Bertz CT molecular complexity index is 790. The van der Waals surface area contributed by atoms with Crippen LogP contribution in [0.4, 0.5) is 0 Å². The van der Waals surface area contributed by atoms with E-state index in [1.54, 1.807) is 11.3 Å². The number of benzene rings is 1. The molecule has 3 rings (SSSR count). The lowest BCUT2D eigenvalue weighted by Gasteiger charge is -2.03. The van der Waals surface area contributed by atoms with Gasteiger partial charge in [-0.15, -0.1) is 11.3 Å². The number of hydrogen-bond donors (Lipinski definition) is 0. The van der Waals surface area contributed by atoms with Gasteiger partial charge in [0.05, 0.1) is 28.9 Å². The summed E-state index contributed by atoms with van der Waals surface area (Å²) in [7, 11) is 0. The highest BCUT2D eigenvalue weighted by atomic mass is 32.1. The topological polar surface area (TPSA) is 41.6 Å². The average molecular weight is 281 g/mol. The number of nitriles is 1. The zero-order valence-corrected chi connectivity index (χ0v) is 12.3. The zero-order chi connectivity index (χ0) is 14.1. The molecule has 20 heavy (non-hydrogen) atoms. The summed E-state index contributed by atoms with van der Waals surface area (Å²) in [5.41, 5.74) is 2.94. The van der Waals surface area contributed by atoms with Crippen LogP contribution >= 0.6 is 11.3 Å². The Morgan fingerprint density at radius 1 is 1.35 bits per heavy atom. The summed E-state index contributed by atoms with van der Waals surface area (Å²) in [6, 6.07) is 10.0. The number of nitrogens with zero attached hydrogens (tertiary/aromatic N) is 3. The van der Waals surface area contributed by atoms with Crippen LogP contribution in [0.15, 0.2) is 35.8 Å². The van der Waals surface area contributed by atoms with Gasteiger partial charge >= 0.3 is 0 Å². The van der Waals surface area contributed by atoms with Crippen molar-refractivity contribution in [3.05, 3.63) is 52.1 Å². The Labute approximate surface area is 122 Å². The molecule has 2 heterocycles. The van der Waals surface area contributed by atoms with E-state index in [4.69, 9.17) is 5.26 Å². The molecular formula is C16H15N3S. The lowest BCUT2D eigenvalue weighted by Crippen LogP contribution is -1.98. The van der Waals surface area contributed by atoms with Gasteiger partial charge in [-0.1, -0.05) is 13.8 Å². The minimum atomic E-state index is 0.480. The second kappa shape index (κ2) is 5.10. The number of rotatable bonds is 3. The van der Waals surface area contributed by atoms with Crippen molar-refractivity contribution < 1.29 is 0 Å².